The van der Waals surface area contributed by atoms with Crippen molar-refractivity contribution in [2.45, 2.75) is 68.6 Å². The molecule has 0 aromatic heterocycles. The number of carbonyl (C=O) groups is 2. The molecule has 3 aliphatic rings. The zero-order chi connectivity index (χ0) is 30.3. The van der Waals surface area contributed by atoms with E-state index >= 15 is 0 Å². The largest absolute Gasteiger partial charge is 0.383 e. The molecule has 232 valence electrons. The first-order valence-corrected chi connectivity index (χ1v) is 17.5. The van der Waals surface area contributed by atoms with Crippen LogP contribution >= 0.6 is 23.4 Å². The Balaban J connectivity index is 1.45. The predicted molar refractivity (Wildman–Crippen MR) is 166 cm³/mol. The van der Waals surface area contributed by atoms with Gasteiger partial charge in [0.15, 0.2) is 0 Å². The molecule has 0 radical (unpaired) electrons. The number of amides is 2. The van der Waals surface area contributed by atoms with E-state index in [0.717, 1.165) is 37.8 Å². The summed E-state index contributed by atoms with van der Waals surface area (Å²) < 4.78 is 33.2. The number of sulfonamides is 1. The standard InChI is InChI=1S/C28H41ClN6O5S2/c1-42(38,39)34-23(8-4-18-10-12-32-13-11-18)28(37)35-16-21(40-17-19-2-5-20(29)6-3-19)14-24(35)27(36)33-15-22-7-9-25(41-22)26(30)31/h2-3,5-6,9,18,21-24,32,34H,4,7-8,10-17H2,1H3,(H3,30,31)(H,33,36)/t21-,22?,23-,24+/m1/s1. The summed E-state index contributed by atoms with van der Waals surface area (Å²) in [6.45, 7) is 2.64. The normalized spacial score (nSPS) is 23.9. The van der Waals surface area contributed by atoms with E-state index in [-0.39, 0.29) is 30.1 Å². The lowest BCUT2D eigenvalue weighted by Crippen LogP contribution is -2.54. The molecule has 0 bridgehead atoms. The van der Waals surface area contributed by atoms with Gasteiger partial charge in [0.25, 0.3) is 0 Å². The topological polar surface area (TPSA) is 167 Å². The molecule has 3 aliphatic heterocycles. The Morgan fingerprint density at radius 3 is 2.62 bits per heavy atom. The number of nitrogens with zero attached hydrogens (tertiary/aromatic N) is 1. The van der Waals surface area contributed by atoms with Crippen LogP contribution in [0.25, 0.3) is 0 Å². The van der Waals surface area contributed by atoms with Crippen LogP contribution in [-0.2, 0) is 31.0 Å². The highest BCUT2D eigenvalue weighted by molar-refractivity contribution is 8.04. The molecule has 14 heteroatoms. The molecule has 2 amide bonds. The van der Waals surface area contributed by atoms with Crippen LogP contribution < -0.4 is 21.1 Å². The van der Waals surface area contributed by atoms with Gasteiger partial charge in [-0.1, -0.05) is 29.8 Å². The van der Waals surface area contributed by atoms with Crippen LogP contribution in [-0.4, -0.2) is 86.8 Å². The fourth-order valence-corrected chi connectivity index (χ4v) is 7.51. The SMILES string of the molecule is CS(=O)(=O)N[C@H](CCC1CCNCC1)C(=O)N1C[C@H](OCc2ccc(Cl)cc2)C[C@H]1C(=O)NCC1CC=C(C(=N)N)S1. The number of rotatable bonds is 13. The lowest BCUT2D eigenvalue weighted by Gasteiger charge is -2.30. The number of hydrogen-bond acceptors (Lipinski definition) is 8. The first-order chi connectivity index (χ1) is 20.0. The minimum Gasteiger partial charge on any atom is -0.383 e. The molecule has 0 spiro atoms. The van der Waals surface area contributed by atoms with Crippen molar-refractivity contribution in [2.75, 3.05) is 32.4 Å². The van der Waals surface area contributed by atoms with Gasteiger partial charge >= 0.3 is 0 Å². The summed E-state index contributed by atoms with van der Waals surface area (Å²) in [5, 5.41) is 14.6. The first kappa shape index (κ1) is 32.7. The van der Waals surface area contributed by atoms with Gasteiger partial charge in [0, 0.05) is 34.7 Å². The smallest absolute Gasteiger partial charge is 0.242 e. The van der Waals surface area contributed by atoms with Gasteiger partial charge in [-0.15, -0.1) is 11.8 Å². The molecular weight excluding hydrogens is 600 g/mol. The number of hydrogen-bond donors (Lipinski definition) is 5. The molecule has 0 aliphatic carbocycles. The van der Waals surface area contributed by atoms with Crippen LogP contribution in [0.4, 0.5) is 0 Å². The summed E-state index contributed by atoms with van der Waals surface area (Å²) in [5.74, 6) is -0.304. The third-order valence-electron chi connectivity index (χ3n) is 7.85. The van der Waals surface area contributed by atoms with Crippen molar-refractivity contribution in [3.8, 4) is 0 Å². The van der Waals surface area contributed by atoms with E-state index in [1.807, 2.05) is 18.2 Å². The minimum absolute atomic E-state index is 0.0102. The van der Waals surface area contributed by atoms with E-state index in [0.29, 0.717) is 48.1 Å². The van der Waals surface area contributed by atoms with E-state index < -0.39 is 34.1 Å². The van der Waals surface area contributed by atoms with Crippen LogP contribution in [0, 0.1) is 11.3 Å². The van der Waals surface area contributed by atoms with Crippen molar-refractivity contribution in [1.82, 2.24) is 20.3 Å². The van der Waals surface area contributed by atoms with Crippen molar-refractivity contribution in [3.05, 3.63) is 45.8 Å². The van der Waals surface area contributed by atoms with Crippen molar-refractivity contribution in [3.63, 3.8) is 0 Å². The molecule has 1 aromatic rings. The quantitative estimate of drug-likeness (QED) is 0.161. The number of carbonyl (C=O) groups excluding carboxylic acids is 2. The molecule has 2 fully saturated rings. The maximum absolute atomic E-state index is 13.9. The predicted octanol–water partition coefficient (Wildman–Crippen LogP) is 1.97. The number of allylic oxidation sites excluding steroid dienone is 1. The van der Waals surface area contributed by atoms with Crippen molar-refractivity contribution in [2.24, 2.45) is 11.7 Å². The highest BCUT2D eigenvalue weighted by Crippen LogP contribution is 2.32. The molecule has 4 rings (SSSR count). The number of thioether (sulfide) groups is 1. The van der Waals surface area contributed by atoms with Gasteiger partial charge < -0.3 is 26.0 Å². The second kappa shape index (κ2) is 15.0. The van der Waals surface area contributed by atoms with Gasteiger partial charge in [-0.3, -0.25) is 15.0 Å². The van der Waals surface area contributed by atoms with Crippen LogP contribution in [0.1, 0.15) is 44.1 Å². The molecular formula is C28H41ClN6O5S2. The highest BCUT2D eigenvalue weighted by Gasteiger charge is 2.43. The summed E-state index contributed by atoms with van der Waals surface area (Å²) in [6, 6.07) is 5.51. The van der Waals surface area contributed by atoms with Gasteiger partial charge in [0.1, 0.15) is 17.9 Å². The molecule has 1 unspecified atom stereocenters. The molecule has 11 nitrogen and oxygen atoms in total. The Kier molecular flexibility index (Phi) is 11.7. The molecule has 42 heavy (non-hydrogen) atoms. The minimum atomic E-state index is -3.67. The van der Waals surface area contributed by atoms with E-state index in [4.69, 9.17) is 27.5 Å². The van der Waals surface area contributed by atoms with Crippen molar-refractivity contribution < 1.29 is 22.7 Å². The van der Waals surface area contributed by atoms with Gasteiger partial charge in [-0.05, 0) is 68.8 Å². The average Bonchev–Trinajstić information content (AvgIpc) is 3.61. The number of piperidine rings is 1. The lowest BCUT2D eigenvalue weighted by molar-refractivity contribution is -0.140. The number of ether oxygens (including phenoxy) is 1. The second-order valence-corrected chi connectivity index (χ2v) is 14.8. The number of likely N-dealkylation sites (tertiary alicyclic amines) is 1. The molecule has 6 N–H and O–H groups in total. The Morgan fingerprint density at radius 1 is 1.26 bits per heavy atom. The second-order valence-electron chi connectivity index (χ2n) is 11.2. The van der Waals surface area contributed by atoms with Crippen LogP contribution in [0.3, 0.4) is 0 Å². The molecule has 0 saturated carbocycles. The summed E-state index contributed by atoms with van der Waals surface area (Å²) in [5.41, 5.74) is 6.51. The average molecular weight is 641 g/mol. The number of nitrogens with one attached hydrogen (secondary N) is 4. The fourth-order valence-electron chi connectivity index (χ4n) is 5.61. The third-order valence-corrected chi connectivity index (χ3v) is 10.2. The Bertz CT molecular complexity index is 1260. The number of benzene rings is 1. The summed E-state index contributed by atoms with van der Waals surface area (Å²) in [6.07, 6.45) is 6.53. The van der Waals surface area contributed by atoms with E-state index in [1.54, 1.807) is 12.1 Å². The van der Waals surface area contributed by atoms with Crippen molar-refractivity contribution in [1.29, 1.82) is 5.41 Å². The maximum Gasteiger partial charge on any atom is 0.242 e. The van der Waals surface area contributed by atoms with Gasteiger partial charge in [-0.25, -0.2) is 13.1 Å². The summed E-state index contributed by atoms with van der Waals surface area (Å²) >= 11 is 7.44. The van der Waals surface area contributed by atoms with E-state index in [2.05, 4.69) is 15.4 Å². The fraction of sp³-hybridized carbons (Fsp3) is 0.607. The lowest BCUT2D eigenvalue weighted by atomic mass is 9.91. The van der Waals surface area contributed by atoms with E-state index in [1.165, 1.54) is 16.7 Å². The Morgan fingerprint density at radius 2 is 1.98 bits per heavy atom. The maximum atomic E-state index is 13.9. The molecule has 3 heterocycles. The first-order valence-electron chi connectivity index (χ1n) is 14.3. The number of nitrogens with two attached hydrogens (primary N) is 1. The van der Waals surface area contributed by atoms with Crippen LogP contribution in [0.15, 0.2) is 35.2 Å². The molecule has 4 atom stereocenters. The van der Waals surface area contributed by atoms with Crippen LogP contribution in [0.2, 0.25) is 5.02 Å². The van der Waals surface area contributed by atoms with Crippen molar-refractivity contribution >= 4 is 51.0 Å². The van der Waals surface area contributed by atoms with Crippen LogP contribution in [0.5, 0.6) is 0 Å². The van der Waals surface area contributed by atoms with E-state index in [9.17, 15) is 18.0 Å². The Labute approximate surface area is 257 Å². The number of halogens is 1. The molecule has 2 saturated heterocycles. The molecule has 1 aromatic carbocycles. The summed E-state index contributed by atoms with van der Waals surface area (Å²) in [4.78, 5) is 29.6. The third kappa shape index (κ3) is 9.68. The van der Waals surface area contributed by atoms with Gasteiger partial charge in [-0.2, -0.15) is 0 Å². The van der Waals surface area contributed by atoms with Gasteiger partial charge in [0.05, 0.1) is 19.0 Å². The highest BCUT2D eigenvalue weighted by atomic mass is 35.5. The Hall–Kier alpha value is -2.16. The summed E-state index contributed by atoms with van der Waals surface area (Å²) in [7, 11) is -3.67. The zero-order valence-electron chi connectivity index (χ0n) is 23.8. The number of amidine groups is 1. The van der Waals surface area contributed by atoms with Gasteiger partial charge in [0.2, 0.25) is 21.8 Å². The monoisotopic (exact) mass is 640 g/mol. The zero-order valence-corrected chi connectivity index (χ0v) is 26.2.